The molecule has 3 rings (SSSR count). The lowest BCUT2D eigenvalue weighted by atomic mass is 10.1. The molecule has 1 heterocycles. The number of benzene rings is 2. The van der Waals surface area contributed by atoms with Crippen molar-refractivity contribution in [3.05, 3.63) is 69.4 Å². The fraction of sp³-hybridized carbons (Fsp3) is 0.190. The molecule has 1 aromatic heterocycles. The minimum Gasteiger partial charge on any atom is -0.350 e. The number of para-hydroxylation sites is 1. The van der Waals surface area contributed by atoms with Gasteiger partial charge in [-0.15, -0.1) is 0 Å². The Bertz CT molecular complexity index is 935. The van der Waals surface area contributed by atoms with Crippen LogP contribution in [0.5, 0.6) is 0 Å². The van der Waals surface area contributed by atoms with E-state index in [1.165, 1.54) is 10.9 Å². The van der Waals surface area contributed by atoms with E-state index in [4.69, 9.17) is 0 Å². The molecule has 0 saturated heterocycles. The van der Waals surface area contributed by atoms with Crippen LogP contribution < -0.4 is 0 Å². The number of hydrogen-bond acceptors (Lipinski definition) is 1. The highest BCUT2D eigenvalue weighted by Crippen LogP contribution is 2.24. The van der Waals surface area contributed by atoms with Gasteiger partial charge in [-0.2, -0.15) is 0 Å². The number of carbonyl (C=O) groups is 1. The van der Waals surface area contributed by atoms with E-state index in [2.05, 4.69) is 51.5 Å². The van der Waals surface area contributed by atoms with Crippen LogP contribution in [0.25, 0.3) is 10.9 Å². The molecular weight excluding hydrogens is 423 g/mol. The summed E-state index contributed by atoms with van der Waals surface area (Å²) in [6, 6.07) is 18.3. The van der Waals surface area contributed by atoms with Crippen LogP contribution in [-0.2, 0) is 17.8 Å². The summed E-state index contributed by atoms with van der Waals surface area (Å²) in [5, 5.41) is 1.22. The van der Waals surface area contributed by atoms with Crippen LogP contribution in [0.2, 0.25) is 0 Å². The molecule has 1 N–H and O–H groups in total. The van der Waals surface area contributed by atoms with Crippen molar-refractivity contribution in [3.8, 4) is 11.8 Å². The minimum atomic E-state index is -0.124. The van der Waals surface area contributed by atoms with Gasteiger partial charge in [-0.05, 0) is 59.0 Å². The highest BCUT2D eigenvalue weighted by Gasteiger charge is 2.15. The Morgan fingerprint density at radius 2 is 1.84 bits per heavy atom. The Balaban J connectivity index is 1.80. The van der Waals surface area contributed by atoms with E-state index in [9.17, 15) is 4.79 Å². The zero-order chi connectivity index (χ0) is 17.6. The van der Waals surface area contributed by atoms with Crippen LogP contribution in [0.1, 0.15) is 18.1 Å². The number of aromatic nitrogens is 1. The summed E-state index contributed by atoms with van der Waals surface area (Å²) in [6.45, 7) is 2.91. The predicted octanol–water partition coefficient (Wildman–Crippen LogP) is 4.37. The predicted molar refractivity (Wildman–Crippen MR) is 110 cm³/mol. The van der Waals surface area contributed by atoms with E-state index < -0.39 is 0 Å². The summed E-state index contributed by atoms with van der Waals surface area (Å²) in [5.74, 6) is 5.27. The Kier molecular flexibility index (Phi) is 5.77. The molecule has 0 aliphatic carbocycles. The van der Waals surface area contributed by atoms with Gasteiger partial charge in [-0.1, -0.05) is 54.5 Å². The number of nitrogens with one attached hydrogen (secondary N) is 1. The van der Waals surface area contributed by atoms with Gasteiger partial charge in [0.25, 0.3) is 5.91 Å². The Morgan fingerprint density at radius 3 is 2.60 bits per heavy atom. The Morgan fingerprint density at radius 1 is 1.12 bits per heavy atom. The van der Waals surface area contributed by atoms with Gasteiger partial charge < -0.3 is 9.88 Å². The first-order valence-corrected chi connectivity index (χ1v) is 9.27. The quantitative estimate of drug-likeness (QED) is 0.463. The van der Waals surface area contributed by atoms with Crippen molar-refractivity contribution in [2.24, 2.45) is 0 Å². The lowest BCUT2D eigenvalue weighted by Crippen LogP contribution is -2.31. The standard InChI is InChI=1S/C21H19IN2O/c1-2-8-20(25)24(15-16-9-4-3-5-10-16)14-13-18-17-11-6-7-12-19(17)23-21(18)22/h3-7,9-12,23H,13-15H2,1H3. The summed E-state index contributed by atoms with van der Waals surface area (Å²) in [7, 11) is 0. The molecule has 0 aliphatic rings. The average molecular weight is 442 g/mol. The maximum Gasteiger partial charge on any atom is 0.298 e. The van der Waals surface area contributed by atoms with Gasteiger partial charge in [0.2, 0.25) is 0 Å². The van der Waals surface area contributed by atoms with Crippen LogP contribution in [0.3, 0.4) is 0 Å². The van der Waals surface area contributed by atoms with Gasteiger partial charge in [-0.3, -0.25) is 4.79 Å². The van der Waals surface area contributed by atoms with E-state index in [0.29, 0.717) is 13.1 Å². The molecule has 25 heavy (non-hydrogen) atoms. The van der Waals surface area contributed by atoms with E-state index in [-0.39, 0.29) is 5.91 Å². The second kappa shape index (κ2) is 8.21. The van der Waals surface area contributed by atoms with Crippen molar-refractivity contribution in [3.63, 3.8) is 0 Å². The second-order valence-corrected chi connectivity index (χ2v) is 6.88. The molecule has 0 fully saturated rings. The molecule has 3 aromatic rings. The third-order valence-corrected chi connectivity index (χ3v) is 5.05. The Hall–Kier alpha value is -2.26. The molecule has 0 spiro atoms. The lowest BCUT2D eigenvalue weighted by molar-refractivity contribution is -0.125. The third-order valence-electron chi connectivity index (χ3n) is 4.13. The van der Waals surface area contributed by atoms with Crippen molar-refractivity contribution < 1.29 is 4.79 Å². The molecule has 4 heteroatoms. The number of carbonyl (C=O) groups excluding carboxylic acids is 1. The molecule has 0 atom stereocenters. The number of hydrogen-bond donors (Lipinski definition) is 1. The van der Waals surface area contributed by atoms with Gasteiger partial charge in [0, 0.05) is 24.0 Å². The summed E-state index contributed by atoms with van der Waals surface area (Å²) in [6.07, 6.45) is 0.798. The van der Waals surface area contributed by atoms with Crippen molar-refractivity contribution >= 4 is 39.4 Å². The van der Waals surface area contributed by atoms with Gasteiger partial charge in [0.1, 0.15) is 0 Å². The molecule has 0 radical (unpaired) electrons. The highest BCUT2D eigenvalue weighted by molar-refractivity contribution is 14.1. The fourth-order valence-electron chi connectivity index (χ4n) is 2.90. The van der Waals surface area contributed by atoms with Crippen LogP contribution in [0, 0.1) is 15.5 Å². The molecule has 126 valence electrons. The zero-order valence-electron chi connectivity index (χ0n) is 14.1. The third kappa shape index (κ3) is 4.23. The first-order valence-electron chi connectivity index (χ1n) is 8.19. The second-order valence-electron chi connectivity index (χ2n) is 5.80. The van der Waals surface area contributed by atoms with Gasteiger partial charge >= 0.3 is 0 Å². The zero-order valence-corrected chi connectivity index (χ0v) is 16.2. The number of halogens is 1. The monoisotopic (exact) mass is 442 g/mol. The Labute approximate surface area is 161 Å². The molecule has 3 nitrogen and oxygen atoms in total. The summed E-state index contributed by atoms with van der Waals surface area (Å²) < 4.78 is 1.13. The fourth-order valence-corrected chi connectivity index (χ4v) is 3.75. The van der Waals surface area contributed by atoms with Crippen LogP contribution in [0.4, 0.5) is 0 Å². The smallest absolute Gasteiger partial charge is 0.298 e. The average Bonchev–Trinajstić information content (AvgIpc) is 2.95. The van der Waals surface area contributed by atoms with Crippen molar-refractivity contribution in [1.29, 1.82) is 0 Å². The van der Waals surface area contributed by atoms with Crippen LogP contribution >= 0.6 is 22.6 Å². The summed E-state index contributed by atoms with van der Waals surface area (Å²) in [4.78, 5) is 17.6. The van der Waals surface area contributed by atoms with Crippen LogP contribution in [-0.4, -0.2) is 22.3 Å². The van der Waals surface area contributed by atoms with Crippen molar-refractivity contribution in [1.82, 2.24) is 9.88 Å². The van der Waals surface area contributed by atoms with E-state index in [1.807, 2.05) is 47.4 Å². The lowest BCUT2D eigenvalue weighted by Gasteiger charge is -2.20. The SMILES string of the molecule is CC#CC(=O)N(CCc1c(I)[nH]c2ccccc12)Cc1ccccc1. The molecule has 2 aromatic carbocycles. The van der Waals surface area contributed by atoms with Gasteiger partial charge in [0.05, 0.1) is 3.70 Å². The number of aromatic amines is 1. The first-order chi connectivity index (χ1) is 12.2. The van der Waals surface area contributed by atoms with Gasteiger partial charge in [0.15, 0.2) is 0 Å². The summed E-state index contributed by atoms with van der Waals surface area (Å²) in [5.41, 5.74) is 3.50. The molecule has 0 saturated carbocycles. The van der Waals surface area contributed by atoms with E-state index in [1.54, 1.807) is 6.92 Å². The molecule has 0 bridgehead atoms. The number of H-pyrrole nitrogens is 1. The first kappa shape index (κ1) is 17.6. The summed E-state index contributed by atoms with van der Waals surface area (Å²) >= 11 is 2.33. The topological polar surface area (TPSA) is 36.1 Å². The largest absolute Gasteiger partial charge is 0.350 e. The van der Waals surface area contributed by atoms with Crippen molar-refractivity contribution in [2.75, 3.05) is 6.54 Å². The molecule has 0 aliphatic heterocycles. The number of rotatable bonds is 5. The number of amides is 1. The van der Waals surface area contributed by atoms with E-state index >= 15 is 0 Å². The molecule has 0 unspecified atom stereocenters. The minimum absolute atomic E-state index is 0.124. The molecule has 1 amide bonds. The normalized spacial score (nSPS) is 10.3. The van der Waals surface area contributed by atoms with Crippen LogP contribution in [0.15, 0.2) is 54.6 Å². The number of fused-ring (bicyclic) bond motifs is 1. The maximum absolute atomic E-state index is 12.4. The maximum atomic E-state index is 12.4. The molecular formula is C21H19IN2O. The highest BCUT2D eigenvalue weighted by atomic mass is 127. The van der Waals surface area contributed by atoms with Crippen molar-refractivity contribution in [2.45, 2.75) is 19.9 Å². The number of nitrogens with zero attached hydrogens (tertiary/aromatic N) is 1. The van der Waals surface area contributed by atoms with E-state index in [0.717, 1.165) is 21.2 Å². The van der Waals surface area contributed by atoms with Gasteiger partial charge in [-0.25, -0.2) is 0 Å².